The third kappa shape index (κ3) is 3.35. The van der Waals surface area contributed by atoms with E-state index in [1.165, 1.54) is 9.26 Å². The van der Waals surface area contributed by atoms with Crippen molar-refractivity contribution in [3.8, 4) is 0 Å². The number of benzene rings is 1. The Kier molecular flexibility index (Phi) is 3.74. The Labute approximate surface area is 111 Å². The van der Waals surface area contributed by atoms with Gasteiger partial charge in [-0.05, 0) is 67.5 Å². The average molecular weight is 331 g/mol. The Morgan fingerprint density at radius 3 is 2.94 bits per heavy atom. The summed E-state index contributed by atoms with van der Waals surface area (Å²) < 4.78 is 7.20. The molecule has 1 atom stereocenters. The van der Waals surface area contributed by atoms with Gasteiger partial charge in [-0.15, -0.1) is 0 Å². The first-order valence-corrected chi connectivity index (χ1v) is 6.80. The second kappa shape index (κ2) is 4.92. The van der Waals surface area contributed by atoms with E-state index >= 15 is 0 Å². The van der Waals surface area contributed by atoms with Crippen molar-refractivity contribution in [2.45, 2.75) is 38.4 Å². The van der Waals surface area contributed by atoms with E-state index < -0.39 is 0 Å². The Morgan fingerprint density at radius 1 is 1.50 bits per heavy atom. The number of nitrogens with one attached hydrogen (secondary N) is 1. The Balaban J connectivity index is 1.84. The largest absolute Gasteiger partial charge is 0.382 e. The Hall–Kier alpha value is -0.290. The summed E-state index contributed by atoms with van der Waals surface area (Å²) in [4.78, 5) is 0. The summed E-state index contributed by atoms with van der Waals surface area (Å²) in [6.45, 7) is 5.24. The molecule has 1 heterocycles. The predicted octanol–water partition coefficient (Wildman–Crippen LogP) is 3.66. The zero-order chi connectivity index (χ0) is 11.6. The number of hydrogen-bond acceptors (Lipinski definition) is 2. The van der Waals surface area contributed by atoms with Crippen molar-refractivity contribution in [1.29, 1.82) is 0 Å². The summed E-state index contributed by atoms with van der Waals surface area (Å²) in [6, 6.07) is 8.42. The van der Waals surface area contributed by atoms with Crippen molar-refractivity contribution in [2.24, 2.45) is 0 Å². The van der Waals surface area contributed by atoms with Gasteiger partial charge in [0.25, 0.3) is 0 Å². The van der Waals surface area contributed by atoms with Gasteiger partial charge < -0.3 is 10.1 Å². The van der Waals surface area contributed by atoms with Gasteiger partial charge in [-0.2, -0.15) is 0 Å². The van der Waals surface area contributed by atoms with Crippen molar-refractivity contribution in [3.63, 3.8) is 0 Å². The fourth-order valence-corrected chi connectivity index (χ4v) is 2.59. The molecular weight excluding hydrogens is 313 g/mol. The molecule has 1 aromatic rings. The fourth-order valence-electron chi connectivity index (χ4n) is 2.05. The van der Waals surface area contributed by atoms with E-state index in [-0.39, 0.29) is 5.60 Å². The molecule has 1 aromatic carbocycles. The molecule has 3 heteroatoms. The highest BCUT2D eigenvalue weighted by molar-refractivity contribution is 14.1. The average Bonchev–Trinajstić information content (AvgIpc) is 2.56. The van der Waals surface area contributed by atoms with Gasteiger partial charge in [-0.3, -0.25) is 0 Å². The molecule has 1 aliphatic heterocycles. The molecule has 0 saturated carbocycles. The molecule has 1 N–H and O–H groups in total. The van der Waals surface area contributed by atoms with Gasteiger partial charge >= 0.3 is 0 Å². The molecule has 0 aromatic heterocycles. The summed E-state index contributed by atoms with van der Waals surface area (Å²) in [5.41, 5.74) is 1.25. The van der Waals surface area contributed by atoms with E-state index in [1.54, 1.807) is 0 Å². The minimum Gasteiger partial charge on any atom is -0.382 e. The standard InChI is InChI=1S/C13H18INO/c1-13(2)7-6-12(16-13)9-15-11-5-3-4-10(14)8-11/h3-5,8,12,15H,6-7,9H2,1-2H3. The smallest absolute Gasteiger partial charge is 0.0755 e. The van der Waals surface area contributed by atoms with Crippen LogP contribution in [0.2, 0.25) is 0 Å². The van der Waals surface area contributed by atoms with Crippen LogP contribution in [-0.4, -0.2) is 18.2 Å². The molecule has 0 bridgehead atoms. The van der Waals surface area contributed by atoms with Gasteiger partial charge in [0.2, 0.25) is 0 Å². The maximum atomic E-state index is 5.94. The molecule has 2 rings (SSSR count). The number of halogens is 1. The van der Waals surface area contributed by atoms with Crippen molar-refractivity contribution in [1.82, 2.24) is 0 Å². The van der Waals surface area contributed by atoms with Crippen molar-refractivity contribution < 1.29 is 4.74 Å². The van der Waals surface area contributed by atoms with Gasteiger partial charge in [0.15, 0.2) is 0 Å². The third-order valence-corrected chi connectivity index (χ3v) is 3.58. The third-order valence-electron chi connectivity index (χ3n) is 2.91. The summed E-state index contributed by atoms with van der Waals surface area (Å²) in [6.07, 6.45) is 2.67. The van der Waals surface area contributed by atoms with Crippen LogP contribution in [0.4, 0.5) is 5.69 Å². The van der Waals surface area contributed by atoms with Crippen LogP contribution >= 0.6 is 22.6 Å². The lowest BCUT2D eigenvalue weighted by Gasteiger charge is -2.19. The summed E-state index contributed by atoms with van der Waals surface area (Å²) in [7, 11) is 0. The highest BCUT2D eigenvalue weighted by Crippen LogP contribution is 2.29. The number of anilines is 1. The zero-order valence-corrected chi connectivity index (χ0v) is 12.0. The van der Waals surface area contributed by atoms with E-state index in [4.69, 9.17) is 4.74 Å². The van der Waals surface area contributed by atoms with Crippen LogP contribution in [0.3, 0.4) is 0 Å². The second-order valence-electron chi connectivity index (χ2n) is 4.93. The topological polar surface area (TPSA) is 21.3 Å². The van der Waals surface area contributed by atoms with E-state index in [0.29, 0.717) is 6.10 Å². The first kappa shape index (κ1) is 12.2. The minimum atomic E-state index is 0.0669. The molecule has 88 valence electrons. The maximum Gasteiger partial charge on any atom is 0.0755 e. The van der Waals surface area contributed by atoms with Crippen LogP contribution in [0.25, 0.3) is 0 Å². The number of ether oxygens (including phenoxy) is 1. The lowest BCUT2D eigenvalue weighted by Crippen LogP contribution is -2.24. The second-order valence-corrected chi connectivity index (χ2v) is 6.18. The van der Waals surface area contributed by atoms with Crippen LogP contribution in [-0.2, 0) is 4.74 Å². The van der Waals surface area contributed by atoms with Gasteiger partial charge in [0.1, 0.15) is 0 Å². The highest BCUT2D eigenvalue weighted by atomic mass is 127. The van der Waals surface area contributed by atoms with Gasteiger partial charge in [-0.1, -0.05) is 6.07 Å². The Bertz CT molecular complexity index is 365. The molecule has 1 aliphatic rings. The van der Waals surface area contributed by atoms with Gasteiger partial charge in [0.05, 0.1) is 11.7 Å². The first-order chi connectivity index (χ1) is 7.55. The monoisotopic (exact) mass is 331 g/mol. The summed E-state index contributed by atoms with van der Waals surface area (Å²) in [5, 5.41) is 3.44. The summed E-state index contributed by atoms with van der Waals surface area (Å²) >= 11 is 2.33. The quantitative estimate of drug-likeness (QED) is 0.854. The van der Waals surface area contributed by atoms with Crippen LogP contribution in [0.1, 0.15) is 26.7 Å². The van der Waals surface area contributed by atoms with Crippen molar-refractivity contribution in [3.05, 3.63) is 27.8 Å². The van der Waals surface area contributed by atoms with Gasteiger partial charge in [-0.25, -0.2) is 0 Å². The highest BCUT2D eigenvalue weighted by Gasteiger charge is 2.31. The molecule has 0 radical (unpaired) electrons. The normalized spacial score (nSPS) is 23.3. The van der Waals surface area contributed by atoms with Crippen LogP contribution in [0, 0.1) is 3.57 Å². The molecular formula is C13H18INO. The maximum absolute atomic E-state index is 5.94. The fraction of sp³-hybridized carbons (Fsp3) is 0.538. The first-order valence-electron chi connectivity index (χ1n) is 5.72. The number of hydrogen-bond donors (Lipinski definition) is 1. The van der Waals surface area contributed by atoms with E-state index in [9.17, 15) is 0 Å². The molecule has 2 nitrogen and oxygen atoms in total. The SMILES string of the molecule is CC1(C)CCC(CNc2cccc(I)c2)O1. The lowest BCUT2D eigenvalue weighted by molar-refractivity contribution is -0.00910. The molecule has 0 aliphatic carbocycles. The molecule has 16 heavy (non-hydrogen) atoms. The summed E-state index contributed by atoms with van der Waals surface area (Å²) in [5.74, 6) is 0. The molecule has 1 fully saturated rings. The van der Waals surface area contributed by atoms with Crippen LogP contribution in [0.15, 0.2) is 24.3 Å². The molecule has 0 spiro atoms. The molecule has 0 amide bonds. The van der Waals surface area contributed by atoms with Crippen molar-refractivity contribution in [2.75, 3.05) is 11.9 Å². The van der Waals surface area contributed by atoms with Crippen molar-refractivity contribution >= 4 is 28.3 Å². The van der Waals surface area contributed by atoms with E-state index in [1.807, 2.05) is 0 Å². The van der Waals surface area contributed by atoms with E-state index in [2.05, 4.69) is 66.0 Å². The number of rotatable bonds is 3. The lowest BCUT2D eigenvalue weighted by atomic mass is 10.1. The predicted molar refractivity (Wildman–Crippen MR) is 75.8 cm³/mol. The Morgan fingerprint density at radius 2 is 2.31 bits per heavy atom. The van der Waals surface area contributed by atoms with E-state index in [0.717, 1.165) is 19.4 Å². The van der Waals surface area contributed by atoms with Crippen LogP contribution in [0.5, 0.6) is 0 Å². The zero-order valence-electron chi connectivity index (χ0n) is 9.79. The molecule has 1 saturated heterocycles. The minimum absolute atomic E-state index is 0.0669. The van der Waals surface area contributed by atoms with Gasteiger partial charge in [0, 0.05) is 15.8 Å². The van der Waals surface area contributed by atoms with Crippen LogP contribution < -0.4 is 5.32 Å². The molecule has 1 unspecified atom stereocenters.